The molecule has 0 bridgehead atoms. The van der Waals surface area contributed by atoms with Gasteiger partial charge in [0.25, 0.3) is 5.91 Å². The molecule has 5 heteroatoms. The van der Waals surface area contributed by atoms with Crippen molar-refractivity contribution < 1.29 is 4.79 Å². The lowest BCUT2D eigenvalue weighted by Gasteiger charge is -2.21. The molecule has 0 aliphatic heterocycles. The number of amides is 1. The maximum Gasteiger partial charge on any atom is 0.255 e. The van der Waals surface area contributed by atoms with Crippen LogP contribution in [0.15, 0.2) is 53.3 Å². The Morgan fingerprint density at radius 1 is 1.04 bits per heavy atom. The van der Waals surface area contributed by atoms with Crippen LogP contribution in [-0.4, -0.2) is 25.0 Å². The molecule has 0 unspecified atom stereocenters. The van der Waals surface area contributed by atoms with Gasteiger partial charge in [0, 0.05) is 42.5 Å². The number of pyridine rings is 1. The van der Waals surface area contributed by atoms with Crippen LogP contribution in [0.1, 0.15) is 36.7 Å². The molecule has 27 heavy (non-hydrogen) atoms. The Kier molecular flexibility index (Phi) is 4.79. The Balaban J connectivity index is 1.95. The average Bonchev–Trinajstić information content (AvgIpc) is 2.60. The number of benzene rings is 2. The summed E-state index contributed by atoms with van der Waals surface area (Å²) in [6.07, 6.45) is 0. The number of H-pyrrole nitrogens is 1. The van der Waals surface area contributed by atoms with Gasteiger partial charge in [-0.05, 0) is 41.3 Å². The van der Waals surface area contributed by atoms with E-state index in [1.54, 1.807) is 18.2 Å². The summed E-state index contributed by atoms with van der Waals surface area (Å²) in [6, 6.07) is 14.7. The van der Waals surface area contributed by atoms with E-state index in [9.17, 15) is 9.59 Å². The number of nitrogens with one attached hydrogen (secondary N) is 2. The molecule has 1 amide bonds. The first kappa shape index (κ1) is 18.7. The van der Waals surface area contributed by atoms with Crippen LogP contribution in [0.5, 0.6) is 0 Å². The smallest absolute Gasteiger partial charge is 0.255 e. The van der Waals surface area contributed by atoms with Crippen LogP contribution in [0, 0.1) is 0 Å². The van der Waals surface area contributed by atoms with Crippen LogP contribution in [0.3, 0.4) is 0 Å². The fourth-order valence-corrected chi connectivity index (χ4v) is 3.09. The largest absolute Gasteiger partial charge is 0.378 e. The first-order valence-corrected chi connectivity index (χ1v) is 8.91. The fraction of sp³-hybridized carbons (Fsp3) is 0.273. The quantitative estimate of drug-likeness (QED) is 0.735. The molecule has 0 atom stereocenters. The highest BCUT2D eigenvalue weighted by atomic mass is 16.1. The molecule has 5 nitrogen and oxygen atoms in total. The van der Waals surface area contributed by atoms with Gasteiger partial charge in [0.15, 0.2) is 0 Å². The van der Waals surface area contributed by atoms with Gasteiger partial charge in [-0.3, -0.25) is 9.59 Å². The summed E-state index contributed by atoms with van der Waals surface area (Å²) in [5.41, 5.74) is 3.59. The van der Waals surface area contributed by atoms with Crippen molar-refractivity contribution in [1.29, 1.82) is 0 Å². The van der Waals surface area contributed by atoms with Gasteiger partial charge in [-0.1, -0.05) is 32.9 Å². The Morgan fingerprint density at radius 2 is 1.78 bits per heavy atom. The molecular weight excluding hydrogens is 338 g/mol. The molecule has 1 aromatic heterocycles. The maximum absolute atomic E-state index is 12.6. The minimum atomic E-state index is -0.188. The van der Waals surface area contributed by atoms with Crippen molar-refractivity contribution in [3.63, 3.8) is 0 Å². The molecule has 1 heterocycles. The molecule has 2 aromatic carbocycles. The van der Waals surface area contributed by atoms with Crippen LogP contribution >= 0.6 is 0 Å². The molecule has 3 aromatic rings. The molecule has 0 fully saturated rings. The van der Waals surface area contributed by atoms with Crippen molar-refractivity contribution >= 4 is 28.2 Å². The second-order valence-electron chi connectivity index (χ2n) is 7.96. The summed E-state index contributed by atoms with van der Waals surface area (Å²) in [4.78, 5) is 29.5. The molecule has 0 saturated carbocycles. The third-order valence-corrected chi connectivity index (χ3v) is 4.53. The minimum absolute atomic E-state index is 0.144. The van der Waals surface area contributed by atoms with Crippen LogP contribution in [0.2, 0.25) is 0 Å². The Morgan fingerprint density at radius 3 is 2.44 bits per heavy atom. The summed E-state index contributed by atoms with van der Waals surface area (Å²) in [6.45, 7) is 6.23. The highest BCUT2D eigenvalue weighted by Gasteiger charge is 2.18. The predicted molar refractivity (Wildman–Crippen MR) is 112 cm³/mol. The Bertz CT molecular complexity index is 1060. The normalized spacial score (nSPS) is 11.4. The van der Waals surface area contributed by atoms with Gasteiger partial charge in [-0.15, -0.1) is 0 Å². The zero-order valence-corrected chi connectivity index (χ0v) is 16.4. The molecule has 0 radical (unpaired) electrons. The van der Waals surface area contributed by atoms with Crippen molar-refractivity contribution in [2.75, 3.05) is 24.3 Å². The lowest BCUT2D eigenvalue weighted by atomic mass is 9.85. The first-order chi connectivity index (χ1) is 12.6. The number of hydrogen-bond acceptors (Lipinski definition) is 3. The number of aromatic nitrogens is 1. The molecule has 0 aliphatic rings. The second kappa shape index (κ2) is 6.91. The van der Waals surface area contributed by atoms with E-state index in [2.05, 4.69) is 31.1 Å². The molecule has 0 spiro atoms. The zero-order valence-electron chi connectivity index (χ0n) is 16.4. The number of rotatable bonds is 3. The van der Waals surface area contributed by atoms with E-state index in [1.807, 2.05) is 49.3 Å². The highest BCUT2D eigenvalue weighted by molar-refractivity contribution is 6.05. The monoisotopic (exact) mass is 363 g/mol. The summed E-state index contributed by atoms with van der Waals surface area (Å²) >= 11 is 0. The van der Waals surface area contributed by atoms with E-state index in [-0.39, 0.29) is 16.9 Å². The summed E-state index contributed by atoms with van der Waals surface area (Å²) in [7, 11) is 3.87. The Labute approximate surface area is 159 Å². The number of anilines is 2. The fourth-order valence-electron chi connectivity index (χ4n) is 3.09. The second-order valence-corrected chi connectivity index (χ2v) is 7.96. The van der Waals surface area contributed by atoms with Gasteiger partial charge in [0.1, 0.15) is 0 Å². The van der Waals surface area contributed by atoms with Crippen LogP contribution < -0.4 is 15.8 Å². The number of nitrogens with zero attached hydrogens (tertiary/aromatic N) is 1. The lowest BCUT2D eigenvalue weighted by Crippen LogP contribution is -2.17. The van der Waals surface area contributed by atoms with Gasteiger partial charge in [0.2, 0.25) is 5.56 Å². The van der Waals surface area contributed by atoms with E-state index >= 15 is 0 Å². The lowest BCUT2D eigenvalue weighted by molar-refractivity contribution is 0.102. The average molecular weight is 363 g/mol. The van der Waals surface area contributed by atoms with E-state index < -0.39 is 0 Å². The summed E-state index contributed by atoms with van der Waals surface area (Å²) in [5, 5.41) is 3.90. The van der Waals surface area contributed by atoms with E-state index in [0.717, 1.165) is 16.6 Å². The van der Waals surface area contributed by atoms with Crippen molar-refractivity contribution in [1.82, 2.24) is 4.98 Å². The molecule has 140 valence electrons. The van der Waals surface area contributed by atoms with Crippen molar-refractivity contribution in [2.45, 2.75) is 26.2 Å². The maximum atomic E-state index is 12.6. The van der Waals surface area contributed by atoms with E-state index in [0.29, 0.717) is 16.8 Å². The SMILES string of the molecule is CN(C)c1cccc(C(=O)Nc2ccc3c(C(C)(C)C)cc(=O)[nH]c3c2)c1. The van der Waals surface area contributed by atoms with Gasteiger partial charge in [-0.25, -0.2) is 0 Å². The van der Waals surface area contributed by atoms with Gasteiger partial charge in [-0.2, -0.15) is 0 Å². The number of aromatic amines is 1. The molecule has 3 rings (SSSR count). The Hall–Kier alpha value is -3.08. The van der Waals surface area contributed by atoms with Crippen LogP contribution in [-0.2, 0) is 5.41 Å². The molecule has 2 N–H and O–H groups in total. The third-order valence-electron chi connectivity index (χ3n) is 4.53. The minimum Gasteiger partial charge on any atom is -0.378 e. The number of hydrogen-bond donors (Lipinski definition) is 2. The molecule has 0 aliphatic carbocycles. The van der Waals surface area contributed by atoms with Crippen LogP contribution in [0.25, 0.3) is 10.9 Å². The number of carbonyl (C=O) groups excluding carboxylic acids is 1. The van der Waals surface area contributed by atoms with Crippen molar-refractivity contribution in [2.24, 2.45) is 0 Å². The van der Waals surface area contributed by atoms with E-state index in [1.165, 1.54) is 0 Å². The zero-order chi connectivity index (χ0) is 19.8. The first-order valence-electron chi connectivity index (χ1n) is 8.91. The van der Waals surface area contributed by atoms with Crippen molar-refractivity contribution in [3.05, 3.63) is 70.0 Å². The topological polar surface area (TPSA) is 65.2 Å². The molecular formula is C22H25N3O2. The van der Waals surface area contributed by atoms with Gasteiger partial charge < -0.3 is 15.2 Å². The highest BCUT2D eigenvalue weighted by Crippen LogP contribution is 2.29. The predicted octanol–water partition coefficient (Wildman–Crippen LogP) is 4.14. The van der Waals surface area contributed by atoms with Crippen molar-refractivity contribution in [3.8, 4) is 0 Å². The van der Waals surface area contributed by atoms with Gasteiger partial charge >= 0.3 is 0 Å². The van der Waals surface area contributed by atoms with Gasteiger partial charge in [0.05, 0.1) is 5.52 Å². The third kappa shape index (κ3) is 4.03. The van der Waals surface area contributed by atoms with Crippen LogP contribution in [0.4, 0.5) is 11.4 Å². The summed E-state index contributed by atoms with van der Waals surface area (Å²) in [5.74, 6) is -0.188. The number of carbonyl (C=O) groups is 1. The standard InChI is InChI=1S/C22H25N3O2/c1-22(2,3)18-13-20(26)24-19-12-15(9-10-17(18)19)23-21(27)14-7-6-8-16(11-14)25(4)5/h6-13H,1-5H3,(H,23,27)(H,24,26). The summed E-state index contributed by atoms with van der Waals surface area (Å²) < 4.78 is 0. The van der Waals surface area contributed by atoms with E-state index in [4.69, 9.17) is 0 Å². The number of fused-ring (bicyclic) bond motifs is 1. The molecule has 0 saturated heterocycles.